The summed E-state index contributed by atoms with van der Waals surface area (Å²) in [6, 6.07) is 45.6. The highest BCUT2D eigenvalue weighted by Gasteiger charge is 2.69. The van der Waals surface area contributed by atoms with E-state index >= 15 is 0 Å². The van der Waals surface area contributed by atoms with Crippen LogP contribution in [0.1, 0.15) is 140 Å². The van der Waals surface area contributed by atoms with Gasteiger partial charge >= 0.3 is 11.7 Å². The molecule has 11 rings (SSSR count). The Kier molecular flexibility index (Phi) is 8.68. The van der Waals surface area contributed by atoms with Gasteiger partial charge in [0.1, 0.15) is 16.8 Å². The normalized spacial score (nSPS) is 16.0. The van der Waals surface area contributed by atoms with Crippen molar-refractivity contribution in [3.05, 3.63) is 166 Å². The van der Waals surface area contributed by atoms with Crippen molar-refractivity contribution in [3.63, 3.8) is 0 Å². The van der Waals surface area contributed by atoms with E-state index in [2.05, 4.69) is 210 Å². The molecule has 3 aliphatic heterocycles. The molecule has 2 aromatic heterocycles. The molecule has 0 saturated carbocycles. The minimum Gasteiger partial charge on any atom is -0.392 e. The molecule has 4 nitrogen and oxygen atoms in total. The molecule has 0 aliphatic carbocycles. The molecule has 6 aromatic carbocycles. The monoisotopic (exact) mass is 840 g/mol. The summed E-state index contributed by atoms with van der Waals surface area (Å²) in [5.74, 6) is 1.10. The van der Waals surface area contributed by atoms with Crippen LogP contribution in [0.2, 0.25) is 0 Å². The molecule has 1 spiro atoms. The van der Waals surface area contributed by atoms with Crippen molar-refractivity contribution in [1.82, 2.24) is 4.57 Å². The molecule has 4 heteroatoms. The smallest absolute Gasteiger partial charge is 0.392 e. The SMILES string of the molecule is [2H]C(C)(C)c1cccc(C(C)C)c1-c1ccc(-n2c3[n+]4c5c(cccc52)-c2cc(C(C)(C)C)cc5c2C4(Oc2c-3cc(C(C)C)cc2C(C)C)[n+]2ccc(-c3ccccc3)cc2-5)c(C)c1. The summed E-state index contributed by atoms with van der Waals surface area (Å²) >= 11 is 0. The van der Waals surface area contributed by atoms with Crippen LogP contribution in [0.15, 0.2) is 128 Å². The summed E-state index contributed by atoms with van der Waals surface area (Å²) < 4.78 is 24.8. The molecule has 0 saturated heterocycles. The lowest BCUT2D eigenvalue weighted by Gasteiger charge is -2.34. The number of benzene rings is 6. The van der Waals surface area contributed by atoms with Gasteiger partial charge in [-0.3, -0.25) is 0 Å². The number of para-hydroxylation sites is 1. The third-order valence-electron chi connectivity index (χ3n) is 14.4. The van der Waals surface area contributed by atoms with Crippen molar-refractivity contribution >= 4 is 11.0 Å². The third kappa shape index (κ3) is 5.60. The number of aromatic nitrogens is 3. The van der Waals surface area contributed by atoms with Crippen LogP contribution in [-0.4, -0.2) is 4.57 Å². The highest BCUT2D eigenvalue weighted by Crippen LogP contribution is 2.56. The Balaban J connectivity index is 1.29. The van der Waals surface area contributed by atoms with Crippen molar-refractivity contribution < 1.29 is 15.2 Å². The fourth-order valence-electron chi connectivity index (χ4n) is 11.1. The topological polar surface area (TPSA) is 21.9 Å². The first-order valence-corrected chi connectivity index (χ1v) is 23.4. The second-order valence-corrected chi connectivity index (χ2v) is 20.8. The molecule has 1 unspecified atom stereocenters. The Bertz CT molecular complexity index is 3300. The van der Waals surface area contributed by atoms with Gasteiger partial charge in [-0.25, -0.2) is 0 Å². The van der Waals surface area contributed by atoms with E-state index in [9.17, 15) is 1.37 Å². The zero-order valence-corrected chi connectivity index (χ0v) is 39.6. The summed E-state index contributed by atoms with van der Waals surface area (Å²) in [6.45, 7) is 27.0. The molecule has 1 atom stereocenters. The molecule has 3 aliphatic rings. The lowest BCUT2D eigenvalue weighted by atomic mass is 9.80. The first-order chi connectivity index (χ1) is 30.9. The van der Waals surface area contributed by atoms with Gasteiger partial charge in [-0.15, -0.1) is 9.13 Å². The van der Waals surface area contributed by atoms with Crippen LogP contribution < -0.4 is 13.9 Å². The van der Waals surface area contributed by atoms with E-state index in [1.807, 2.05) is 13.8 Å². The molecular formula is C60H61N3O+2. The number of pyridine rings is 1. The van der Waals surface area contributed by atoms with Crippen LogP contribution in [0.4, 0.5) is 0 Å². The number of imidazole rings is 1. The van der Waals surface area contributed by atoms with Crippen molar-refractivity contribution in [2.75, 3.05) is 0 Å². The van der Waals surface area contributed by atoms with E-state index in [1.165, 1.54) is 66.8 Å². The van der Waals surface area contributed by atoms with Crippen molar-refractivity contribution in [2.45, 2.75) is 118 Å². The Morgan fingerprint density at radius 1 is 0.625 bits per heavy atom. The van der Waals surface area contributed by atoms with Gasteiger partial charge < -0.3 is 4.74 Å². The standard InChI is InChI=1S/C60H61N3O/c1-34(2)42-29-47(37(7)8)57-50(30-42)58-62(51-25-24-41(28-38(51)9)54-44(35(3)4)20-16-21-45(54)36(5)6)52-23-17-22-46-48-32-43(59(10,11)12)33-49-53-31-40(39-18-14-13-15-19-39)26-27-61(53)60(64-57,55(48)49)63(58)56(46)52/h13-37H,1-12H3/q+2/i35D. The summed E-state index contributed by atoms with van der Waals surface area (Å²) in [5.41, 5.74) is 22.5. The number of hydrogen-bond acceptors (Lipinski definition) is 1. The van der Waals surface area contributed by atoms with Crippen LogP contribution in [0.25, 0.3) is 72.7 Å². The Morgan fingerprint density at radius 3 is 2.03 bits per heavy atom. The first-order valence-electron chi connectivity index (χ1n) is 23.9. The molecule has 320 valence electrons. The predicted octanol–water partition coefficient (Wildman–Crippen LogP) is 14.9. The molecular weight excluding hydrogens is 779 g/mol. The summed E-state index contributed by atoms with van der Waals surface area (Å²) in [4.78, 5) is 0. The highest BCUT2D eigenvalue weighted by atomic mass is 16.5. The molecule has 5 heterocycles. The molecule has 0 fully saturated rings. The van der Waals surface area contributed by atoms with Crippen LogP contribution >= 0.6 is 0 Å². The fourth-order valence-corrected chi connectivity index (χ4v) is 11.1. The Hall–Kier alpha value is -6.26. The van der Waals surface area contributed by atoms with Crippen molar-refractivity contribution in [3.8, 4) is 67.5 Å². The second-order valence-electron chi connectivity index (χ2n) is 20.8. The van der Waals surface area contributed by atoms with Crippen molar-refractivity contribution in [1.29, 1.82) is 0 Å². The van der Waals surface area contributed by atoms with Crippen LogP contribution in [0, 0.1) is 6.92 Å². The molecule has 0 amide bonds. The van der Waals surface area contributed by atoms with Gasteiger partial charge in [-0.05, 0) is 134 Å². The van der Waals surface area contributed by atoms with Gasteiger partial charge in [-0.1, -0.05) is 143 Å². The van der Waals surface area contributed by atoms with Gasteiger partial charge in [0.05, 0.1) is 5.56 Å². The predicted molar refractivity (Wildman–Crippen MR) is 264 cm³/mol. The maximum Gasteiger partial charge on any atom is 0.499 e. The minimum absolute atomic E-state index is 0.0955. The van der Waals surface area contributed by atoms with E-state index in [-0.39, 0.29) is 11.3 Å². The number of nitrogens with zero attached hydrogens (tertiary/aromatic N) is 3. The number of fused-ring (bicyclic) bond motifs is 5. The minimum atomic E-state index is -1.05. The van der Waals surface area contributed by atoms with Crippen LogP contribution in [0.5, 0.6) is 5.75 Å². The number of rotatable bonds is 7. The van der Waals surface area contributed by atoms with E-state index in [0.29, 0.717) is 11.8 Å². The zero-order chi connectivity index (χ0) is 45.6. The average Bonchev–Trinajstić information content (AvgIpc) is 3.76. The molecule has 0 bridgehead atoms. The number of hydrogen-bond donors (Lipinski definition) is 0. The number of ether oxygens (including phenoxy) is 1. The molecule has 64 heavy (non-hydrogen) atoms. The maximum absolute atomic E-state index is 9.24. The van der Waals surface area contributed by atoms with Crippen LogP contribution in [-0.2, 0) is 11.3 Å². The highest BCUT2D eigenvalue weighted by molar-refractivity contribution is 5.98. The third-order valence-corrected chi connectivity index (χ3v) is 14.4. The quantitative estimate of drug-likeness (QED) is 0.147. The lowest BCUT2D eigenvalue weighted by molar-refractivity contribution is -0.997. The second kappa shape index (κ2) is 14.1. The van der Waals surface area contributed by atoms with Gasteiger partial charge in [0.25, 0.3) is 0 Å². The first kappa shape index (κ1) is 39.3. The summed E-state index contributed by atoms with van der Waals surface area (Å²) in [5, 5.41) is 0. The molecule has 8 aromatic rings. The zero-order valence-electron chi connectivity index (χ0n) is 40.6. The average molecular weight is 841 g/mol. The van der Waals surface area contributed by atoms with Crippen LogP contribution in [0.3, 0.4) is 0 Å². The van der Waals surface area contributed by atoms with Gasteiger partial charge in [0.15, 0.2) is 23.0 Å². The van der Waals surface area contributed by atoms with E-state index in [0.717, 1.165) is 50.7 Å². The lowest BCUT2D eigenvalue weighted by Crippen LogP contribution is -2.78. The van der Waals surface area contributed by atoms with Crippen molar-refractivity contribution in [2.24, 2.45) is 0 Å². The maximum atomic E-state index is 9.24. The van der Waals surface area contributed by atoms with E-state index in [1.54, 1.807) is 0 Å². The van der Waals surface area contributed by atoms with Gasteiger partial charge in [0.2, 0.25) is 5.69 Å². The Morgan fingerprint density at radius 2 is 1.34 bits per heavy atom. The van der Waals surface area contributed by atoms with Gasteiger partial charge in [0, 0.05) is 24.6 Å². The molecule has 0 N–H and O–H groups in total. The summed E-state index contributed by atoms with van der Waals surface area (Å²) in [6.07, 6.45) is 2.28. The van der Waals surface area contributed by atoms with Gasteiger partial charge in [-0.2, -0.15) is 4.57 Å². The number of aryl methyl sites for hydroxylation is 1. The summed E-state index contributed by atoms with van der Waals surface area (Å²) in [7, 11) is 0. The largest absolute Gasteiger partial charge is 0.499 e. The fraction of sp³-hybridized carbons (Fsp3) is 0.300. The van der Waals surface area contributed by atoms with E-state index in [4.69, 9.17) is 4.74 Å². The van der Waals surface area contributed by atoms with E-state index < -0.39 is 11.7 Å². The molecule has 0 radical (unpaired) electrons. The Labute approximate surface area is 381 Å².